The molecule has 174 valence electrons. The minimum atomic E-state index is -3.84. The number of hydrogen-bond acceptors (Lipinski definition) is 4. The highest BCUT2D eigenvalue weighted by atomic mass is 32.2. The summed E-state index contributed by atoms with van der Waals surface area (Å²) in [6, 6.07) is 26.8. The van der Waals surface area contributed by atoms with Crippen molar-refractivity contribution >= 4 is 38.1 Å². The molecule has 0 aliphatic heterocycles. The first kappa shape index (κ1) is 23.3. The molecule has 4 rings (SSSR count). The van der Waals surface area contributed by atoms with Gasteiger partial charge in [-0.25, -0.2) is 8.42 Å². The third-order valence-corrected chi connectivity index (χ3v) is 7.58. The van der Waals surface area contributed by atoms with Crippen LogP contribution >= 0.6 is 0 Å². The molecule has 0 bridgehead atoms. The van der Waals surface area contributed by atoms with Crippen molar-refractivity contribution in [2.45, 2.75) is 11.8 Å². The molecule has 0 saturated heterocycles. The van der Waals surface area contributed by atoms with Crippen LogP contribution in [0.1, 0.15) is 17.3 Å². The van der Waals surface area contributed by atoms with Gasteiger partial charge in [-0.05, 0) is 66.2 Å². The molecular formula is C27H26N2O4S. The summed E-state index contributed by atoms with van der Waals surface area (Å²) in [5.74, 6) is 0.258. The quantitative estimate of drug-likeness (QED) is 0.363. The van der Waals surface area contributed by atoms with E-state index in [9.17, 15) is 13.2 Å². The second kappa shape index (κ2) is 9.57. The molecule has 7 heteroatoms. The van der Waals surface area contributed by atoms with Gasteiger partial charge in [0.1, 0.15) is 5.75 Å². The zero-order valence-corrected chi connectivity index (χ0v) is 20.1. The van der Waals surface area contributed by atoms with Gasteiger partial charge < -0.3 is 9.64 Å². The predicted molar refractivity (Wildman–Crippen MR) is 136 cm³/mol. The summed E-state index contributed by atoms with van der Waals surface area (Å²) in [5.41, 5.74) is 1.63. The summed E-state index contributed by atoms with van der Waals surface area (Å²) in [5, 5.41) is 2.15. The molecule has 0 aliphatic carbocycles. The molecule has 4 aromatic rings. The number of anilines is 2. The fourth-order valence-corrected chi connectivity index (χ4v) is 5.10. The number of carbonyl (C=O) groups excluding carboxylic acids is 1. The largest absolute Gasteiger partial charge is 0.495 e. The van der Waals surface area contributed by atoms with E-state index in [-0.39, 0.29) is 10.8 Å². The lowest BCUT2D eigenvalue weighted by Gasteiger charge is -2.23. The van der Waals surface area contributed by atoms with Crippen molar-refractivity contribution in [2.24, 2.45) is 0 Å². The molecule has 0 spiro atoms. The lowest BCUT2D eigenvalue weighted by atomic mass is 10.1. The molecular weight excluding hydrogens is 448 g/mol. The number of para-hydroxylation sites is 2. The average Bonchev–Trinajstić information content (AvgIpc) is 2.88. The van der Waals surface area contributed by atoms with Gasteiger partial charge in [-0.1, -0.05) is 42.5 Å². The van der Waals surface area contributed by atoms with Crippen LogP contribution in [0.25, 0.3) is 10.8 Å². The average molecular weight is 475 g/mol. The van der Waals surface area contributed by atoms with E-state index in [0.29, 0.717) is 23.5 Å². The van der Waals surface area contributed by atoms with Crippen molar-refractivity contribution in [3.05, 3.63) is 96.6 Å². The summed E-state index contributed by atoms with van der Waals surface area (Å²) in [6.45, 7) is 2.39. The lowest BCUT2D eigenvalue weighted by Crippen LogP contribution is -2.31. The van der Waals surface area contributed by atoms with Gasteiger partial charge in [0, 0.05) is 24.8 Å². The molecule has 0 fully saturated rings. The van der Waals surface area contributed by atoms with Crippen LogP contribution in [-0.4, -0.2) is 35.0 Å². The minimum Gasteiger partial charge on any atom is -0.495 e. The zero-order valence-electron chi connectivity index (χ0n) is 19.3. The van der Waals surface area contributed by atoms with Crippen LogP contribution in [0.15, 0.2) is 95.9 Å². The maximum Gasteiger partial charge on any atom is 0.264 e. The molecule has 0 saturated carbocycles. The second-order valence-corrected chi connectivity index (χ2v) is 9.72. The van der Waals surface area contributed by atoms with Crippen LogP contribution in [0.3, 0.4) is 0 Å². The maximum atomic E-state index is 13.3. The van der Waals surface area contributed by atoms with E-state index in [1.54, 1.807) is 41.3 Å². The fraction of sp³-hybridized carbons (Fsp3) is 0.148. The maximum absolute atomic E-state index is 13.3. The Labute approximate surface area is 200 Å². The van der Waals surface area contributed by atoms with Gasteiger partial charge in [0.05, 0.1) is 17.7 Å². The SMILES string of the molecule is CCN(C(=O)c1ccc(S(=O)(=O)N(C)c2ccccc2OC)cc1)c1ccc2ccccc2c1. The number of fused-ring (bicyclic) bond motifs is 1. The first-order chi connectivity index (χ1) is 16.4. The number of nitrogens with zero attached hydrogens (tertiary/aromatic N) is 2. The Morgan fingerprint density at radius 3 is 2.18 bits per heavy atom. The Kier molecular flexibility index (Phi) is 6.56. The van der Waals surface area contributed by atoms with Gasteiger partial charge in [0.2, 0.25) is 0 Å². The molecule has 0 unspecified atom stereocenters. The van der Waals surface area contributed by atoms with E-state index in [0.717, 1.165) is 16.5 Å². The van der Waals surface area contributed by atoms with Gasteiger partial charge in [-0.2, -0.15) is 0 Å². The number of rotatable bonds is 7. The van der Waals surface area contributed by atoms with Crippen molar-refractivity contribution in [1.82, 2.24) is 0 Å². The lowest BCUT2D eigenvalue weighted by molar-refractivity contribution is 0.0988. The molecule has 6 nitrogen and oxygen atoms in total. The van der Waals surface area contributed by atoms with Gasteiger partial charge in [-0.15, -0.1) is 0 Å². The topological polar surface area (TPSA) is 66.9 Å². The summed E-state index contributed by atoms with van der Waals surface area (Å²) < 4.78 is 32.9. The monoisotopic (exact) mass is 474 g/mol. The van der Waals surface area contributed by atoms with E-state index < -0.39 is 10.0 Å². The number of benzene rings is 4. The highest BCUT2D eigenvalue weighted by Gasteiger charge is 2.24. The summed E-state index contributed by atoms with van der Waals surface area (Å²) in [7, 11) is -0.869. The van der Waals surface area contributed by atoms with E-state index >= 15 is 0 Å². The van der Waals surface area contributed by atoms with Gasteiger partial charge in [0.15, 0.2) is 0 Å². The predicted octanol–water partition coefficient (Wildman–Crippen LogP) is 5.34. The molecule has 4 aromatic carbocycles. The van der Waals surface area contributed by atoms with E-state index in [4.69, 9.17) is 4.74 Å². The molecule has 0 aliphatic rings. The molecule has 0 radical (unpaired) electrons. The number of methoxy groups -OCH3 is 1. The Morgan fingerprint density at radius 1 is 0.853 bits per heavy atom. The standard InChI is InChI=1S/C27H26N2O4S/c1-4-29(23-16-13-20-9-5-6-10-22(20)19-23)27(30)21-14-17-24(18-15-21)34(31,32)28(2)25-11-7-8-12-26(25)33-3/h5-19H,4H2,1-3H3. The Morgan fingerprint density at radius 2 is 1.50 bits per heavy atom. The molecule has 1 amide bonds. The van der Waals surface area contributed by atoms with Crippen molar-refractivity contribution in [3.8, 4) is 5.75 Å². The molecule has 0 aromatic heterocycles. The number of hydrogen-bond donors (Lipinski definition) is 0. The van der Waals surface area contributed by atoms with E-state index in [2.05, 4.69) is 0 Å². The summed E-state index contributed by atoms with van der Waals surface area (Å²) >= 11 is 0. The minimum absolute atomic E-state index is 0.0891. The van der Waals surface area contributed by atoms with Gasteiger partial charge in [-0.3, -0.25) is 9.10 Å². The first-order valence-electron chi connectivity index (χ1n) is 10.9. The third kappa shape index (κ3) is 4.34. The normalized spacial score (nSPS) is 11.3. The molecule has 0 N–H and O–H groups in total. The van der Waals surface area contributed by atoms with Gasteiger partial charge >= 0.3 is 0 Å². The van der Waals surface area contributed by atoms with Crippen molar-refractivity contribution in [1.29, 1.82) is 0 Å². The second-order valence-electron chi connectivity index (χ2n) is 7.75. The molecule has 0 heterocycles. The van der Waals surface area contributed by atoms with Crippen LogP contribution in [0.4, 0.5) is 11.4 Å². The van der Waals surface area contributed by atoms with E-state index in [1.165, 1.54) is 30.6 Å². The van der Waals surface area contributed by atoms with Gasteiger partial charge in [0.25, 0.3) is 15.9 Å². The van der Waals surface area contributed by atoms with Crippen LogP contribution in [0.5, 0.6) is 5.75 Å². The highest BCUT2D eigenvalue weighted by molar-refractivity contribution is 7.92. The third-order valence-electron chi connectivity index (χ3n) is 5.79. The van der Waals surface area contributed by atoms with Crippen molar-refractivity contribution < 1.29 is 17.9 Å². The smallest absolute Gasteiger partial charge is 0.264 e. The summed E-state index contributed by atoms with van der Waals surface area (Å²) in [6.07, 6.45) is 0. The van der Waals surface area contributed by atoms with E-state index in [1.807, 2.05) is 49.4 Å². The van der Waals surface area contributed by atoms with Crippen LogP contribution < -0.4 is 13.9 Å². The van der Waals surface area contributed by atoms with Crippen LogP contribution in [0, 0.1) is 0 Å². The number of sulfonamides is 1. The molecule has 0 atom stereocenters. The van der Waals surface area contributed by atoms with Crippen molar-refractivity contribution in [3.63, 3.8) is 0 Å². The first-order valence-corrected chi connectivity index (χ1v) is 12.3. The molecule has 34 heavy (non-hydrogen) atoms. The Balaban J connectivity index is 1.61. The number of carbonyl (C=O) groups is 1. The van der Waals surface area contributed by atoms with Crippen LogP contribution in [-0.2, 0) is 10.0 Å². The number of amides is 1. The summed E-state index contributed by atoms with van der Waals surface area (Å²) in [4.78, 5) is 15.0. The van der Waals surface area contributed by atoms with Crippen LogP contribution in [0.2, 0.25) is 0 Å². The van der Waals surface area contributed by atoms with Crippen molar-refractivity contribution in [2.75, 3.05) is 29.9 Å². The number of ether oxygens (including phenoxy) is 1. The Hall–Kier alpha value is -3.84. The zero-order chi connectivity index (χ0) is 24.3. The fourth-order valence-electron chi connectivity index (χ4n) is 3.89. The Bertz CT molecular complexity index is 1430. The highest BCUT2D eigenvalue weighted by Crippen LogP contribution is 2.31.